The topological polar surface area (TPSA) is 82.7 Å². The summed E-state index contributed by atoms with van der Waals surface area (Å²) in [6.45, 7) is 3.35. The van der Waals surface area contributed by atoms with Crippen LogP contribution in [0.5, 0.6) is 5.75 Å². The van der Waals surface area contributed by atoms with Crippen molar-refractivity contribution in [2.75, 3.05) is 33.7 Å². The minimum absolute atomic E-state index is 0.183. The van der Waals surface area contributed by atoms with Gasteiger partial charge in [0.25, 0.3) is 0 Å². The third-order valence-electron chi connectivity index (χ3n) is 4.06. The molecule has 7 heteroatoms. The molecule has 0 saturated carbocycles. The molecule has 0 amide bonds. The number of aromatic amines is 1. The second kappa shape index (κ2) is 8.13. The smallest absolute Gasteiger partial charge is 0.356 e. The summed E-state index contributed by atoms with van der Waals surface area (Å²) in [5.41, 5.74) is 4.34. The van der Waals surface area contributed by atoms with Gasteiger partial charge < -0.3 is 18.9 Å². The maximum atomic E-state index is 12.0. The van der Waals surface area contributed by atoms with E-state index in [-0.39, 0.29) is 12.8 Å². The molecule has 1 aromatic heterocycles. The highest BCUT2D eigenvalue weighted by atomic mass is 16.7. The third kappa shape index (κ3) is 3.83. The number of esters is 1. The molecule has 1 aliphatic rings. The lowest BCUT2D eigenvalue weighted by molar-refractivity contribution is -0.00849. The predicted molar refractivity (Wildman–Crippen MR) is 90.7 cm³/mol. The zero-order chi connectivity index (χ0) is 17.6. The lowest BCUT2D eigenvalue weighted by atomic mass is 9.89. The summed E-state index contributed by atoms with van der Waals surface area (Å²) >= 11 is 0. The Morgan fingerprint density at radius 3 is 2.96 bits per heavy atom. The number of aromatic nitrogens is 2. The Bertz CT molecular complexity index is 741. The predicted octanol–water partition coefficient (Wildman–Crippen LogP) is 2.35. The van der Waals surface area contributed by atoms with Gasteiger partial charge in [0.15, 0.2) is 6.79 Å². The van der Waals surface area contributed by atoms with Crippen molar-refractivity contribution < 1.29 is 23.7 Å². The molecule has 2 aromatic rings. The van der Waals surface area contributed by atoms with Gasteiger partial charge >= 0.3 is 5.97 Å². The summed E-state index contributed by atoms with van der Waals surface area (Å²) in [5.74, 6) is 0.397. The van der Waals surface area contributed by atoms with Crippen LogP contribution in [-0.4, -0.2) is 49.9 Å². The van der Waals surface area contributed by atoms with Crippen LogP contribution in [0.3, 0.4) is 0 Å². The number of H-pyrrole nitrogens is 1. The maximum absolute atomic E-state index is 12.0. The van der Waals surface area contributed by atoms with Crippen molar-refractivity contribution in [3.8, 4) is 17.0 Å². The number of nitrogens with zero attached hydrogens (tertiary/aromatic N) is 1. The van der Waals surface area contributed by atoms with E-state index in [1.807, 2.05) is 18.2 Å². The van der Waals surface area contributed by atoms with E-state index >= 15 is 0 Å². The number of ether oxygens (including phenoxy) is 4. The number of aryl methyl sites for hydroxylation is 1. The largest absolute Gasteiger partial charge is 0.468 e. The number of nitrogens with one attached hydrogen (secondary N) is 1. The van der Waals surface area contributed by atoms with Crippen LogP contribution in [0, 0.1) is 0 Å². The van der Waals surface area contributed by atoms with Gasteiger partial charge in [0.05, 0.1) is 25.5 Å². The number of rotatable bonds is 8. The number of carbonyl (C=O) groups excluding carboxylic acids is 1. The van der Waals surface area contributed by atoms with Crippen LogP contribution >= 0.6 is 0 Å². The van der Waals surface area contributed by atoms with Gasteiger partial charge in [0, 0.05) is 18.2 Å². The van der Waals surface area contributed by atoms with E-state index in [0.717, 1.165) is 41.0 Å². The van der Waals surface area contributed by atoms with Crippen LogP contribution in [0.15, 0.2) is 18.2 Å². The van der Waals surface area contributed by atoms with E-state index in [1.54, 1.807) is 14.0 Å². The summed E-state index contributed by atoms with van der Waals surface area (Å²) in [6, 6.07) is 5.84. The molecule has 0 unspecified atom stereocenters. The van der Waals surface area contributed by atoms with Crippen molar-refractivity contribution >= 4 is 5.97 Å². The number of benzene rings is 1. The van der Waals surface area contributed by atoms with Gasteiger partial charge in [-0.05, 0) is 43.5 Å². The number of hydrogen-bond donors (Lipinski definition) is 1. The quantitative estimate of drug-likeness (QED) is 0.449. The first-order chi connectivity index (χ1) is 12.2. The summed E-state index contributed by atoms with van der Waals surface area (Å²) in [6.07, 6.45) is 1.55. The van der Waals surface area contributed by atoms with Crippen molar-refractivity contribution in [1.82, 2.24) is 10.2 Å². The van der Waals surface area contributed by atoms with Gasteiger partial charge in [0.1, 0.15) is 11.4 Å². The number of hydrogen-bond acceptors (Lipinski definition) is 6. The van der Waals surface area contributed by atoms with Gasteiger partial charge in [0.2, 0.25) is 0 Å². The molecular formula is C18H22N2O5. The summed E-state index contributed by atoms with van der Waals surface area (Å²) in [5, 5.41) is 7.14. The molecule has 1 aliphatic carbocycles. The van der Waals surface area contributed by atoms with Crippen LogP contribution in [-0.2, 0) is 27.1 Å². The van der Waals surface area contributed by atoms with Gasteiger partial charge in [-0.2, -0.15) is 5.10 Å². The molecule has 0 bridgehead atoms. The van der Waals surface area contributed by atoms with Crippen LogP contribution in [0.1, 0.15) is 28.5 Å². The highest BCUT2D eigenvalue weighted by Gasteiger charge is 2.26. The van der Waals surface area contributed by atoms with Gasteiger partial charge in [-0.15, -0.1) is 0 Å². The van der Waals surface area contributed by atoms with E-state index in [4.69, 9.17) is 18.9 Å². The highest BCUT2D eigenvalue weighted by Crippen LogP contribution is 2.35. The lowest BCUT2D eigenvalue weighted by Crippen LogP contribution is -2.11. The van der Waals surface area contributed by atoms with E-state index < -0.39 is 0 Å². The molecular weight excluding hydrogens is 324 g/mol. The second-order valence-corrected chi connectivity index (χ2v) is 5.63. The number of methoxy groups -OCH3 is 1. The molecule has 1 N–H and O–H groups in total. The van der Waals surface area contributed by atoms with Crippen LogP contribution < -0.4 is 4.74 Å². The average molecular weight is 346 g/mol. The van der Waals surface area contributed by atoms with Crippen LogP contribution in [0.4, 0.5) is 0 Å². The summed E-state index contributed by atoms with van der Waals surface area (Å²) in [4.78, 5) is 12.0. The van der Waals surface area contributed by atoms with Crippen LogP contribution in [0.25, 0.3) is 11.3 Å². The van der Waals surface area contributed by atoms with E-state index in [0.29, 0.717) is 25.5 Å². The first-order valence-corrected chi connectivity index (χ1v) is 8.31. The van der Waals surface area contributed by atoms with Crippen molar-refractivity contribution in [3.63, 3.8) is 0 Å². The molecule has 134 valence electrons. The Balaban J connectivity index is 1.72. The zero-order valence-electron chi connectivity index (χ0n) is 14.5. The Morgan fingerprint density at radius 1 is 1.28 bits per heavy atom. The molecule has 0 atom stereocenters. The Morgan fingerprint density at radius 2 is 2.16 bits per heavy atom. The SMILES string of the molecule is CCOC(=O)c1[nH]nc2c1CCc1cc(OCOCCOC)ccc1-2. The number of fused-ring (bicyclic) bond motifs is 3. The number of carbonyl (C=O) groups is 1. The Hall–Kier alpha value is -2.38. The van der Waals surface area contributed by atoms with Crippen molar-refractivity contribution in [2.24, 2.45) is 0 Å². The minimum atomic E-state index is -0.354. The molecule has 25 heavy (non-hydrogen) atoms. The van der Waals surface area contributed by atoms with Crippen molar-refractivity contribution in [1.29, 1.82) is 0 Å². The standard InChI is InChI=1S/C18H22N2O5/c1-3-24-18(21)17-15-6-4-12-10-13(25-11-23-9-8-22-2)5-7-14(12)16(15)19-20-17/h5,7,10H,3-4,6,8-9,11H2,1-2H3,(H,19,20). The molecule has 0 radical (unpaired) electrons. The van der Waals surface area contributed by atoms with Gasteiger partial charge in [-0.3, -0.25) is 5.10 Å². The molecule has 0 fully saturated rings. The van der Waals surface area contributed by atoms with Gasteiger partial charge in [-0.25, -0.2) is 4.79 Å². The maximum Gasteiger partial charge on any atom is 0.356 e. The lowest BCUT2D eigenvalue weighted by Gasteiger charge is -2.17. The van der Waals surface area contributed by atoms with E-state index in [2.05, 4.69) is 10.2 Å². The fourth-order valence-corrected chi connectivity index (χ4v) is 2.87. The molecule has 0 saturated heterocycles. The second-order valence-electron chi connectivity index (χ2n) is 5.63. The average Bonchev–Trinajstić information content (AvgIpc) is 3.06. The summed E-state index contributed by atoms with van der Waals surface area (Å²) in [7, 11) is 1.63. The van der Waals surface area contributed by atoms with Crippen molar-refractivity contribution in [2.45, 2.75) is 19.8 Å². The molecule has 7 nitrogen and oxygen atoms in total. The first-order valence-electron chi connectivity index (χ1n) is 8.31. The van der Waals surface area contributed by atoms with Crippen LogP contribution in [0.2, 0.25) is 0 Å². The minimum Gasteiger partial charge on any atom is -0.468 e. The molecule has 0 spiro atoms. The molecule has 1 aromatic carbocycles. The highest BCUT2D eigenvalue weighted by molar-refractivity contribution is 5.92. The normalized spacial score (nSPS) is 12.4. The summed E-state index contributed by atoms with van der Waals surface area (Å²) < 4.78 is 20.9. The molecule has 3 rings (SSSR count). The Labute approximate surface area is 146 Å². The van der Waals surface area contributed by atoms with Crippen molar-refractivity contribution in [3.05, 3.63) is 35.0 Å². The van der Waals surface area contributed by atoms with E-state index in [9.17, 15) is 4.79 Å². The third-order valence-corrected chi connectivity index (χ3v) is 4.06. The molecule has 1 heterocycles. The monoisotopic (exact) mass is 346 g/mol. The van der Waals surface area contributed by atoms with Gasteiger partial charge in [-0.1, -0.05) is 0 Å². The Kier molecular flexibility index (Phi) is 5.67. The fourth-order valence-electron chi connectivity index (χ4n) is 2.87. The van der Waals surface area contributed by atoms with E-state index in [1.165, 1.54) is 0 Å². The fraction of sp³-hybridized carbons (Fsp3) is 0.444. The molecule has 0 aliphatic heterocycles. The first kappa shape index (κ1) is 17.4. The zero-order valence-corrected chi connectivity index (χ0v) is 14.5.